The summed E-state index contributed by atoms with van der Waals surface area (Å²) in [5.74, 6) is 1.86. The fourth-order valence-electron chi connectivity index (χ4n) is 3.29. The number of hydrogen-bond acceptors (Lipinski definition) is 3. The highest BCUT2D eigenvalue weighted by Crippen LogP contribution is 2.34. The average Bonchev–Trinajstić information content (AvgIpc) is 2.65. The molecule has 0 spiro atoms. The van der Waals surface area contributed by atoms with Crippen LogP contribution >= 0.6 is 0 Å². The zero-order valence-corrected chi connectivity index (χ0v) is 14.2. The third-order valence-corrected chi connectivity index (χ3v) is 4.63. The zero-order valence-electron chi connectivity index (χ0n) is 14.2. The molecule has 3 heteroatoms. The Labute approximate surface area is 130 Å². The normalized spacial score (nSPS) is 21.0. The quantitative estimate of drug-likeness (QED) is 0.902. The van der Waals surface area contributed by atoms with Crippen LogP contribution in [-0.2, 0) is 6.54 Å². The summed E-state index contributed by atoms with van der Waals surface area (Å²) >= 11 is 0. The minimum atomic E-state index is 0.449. The lowest BCUT2D eigenvalue weighted by Crippen LogP contribution is -2.26. The second-order valence-electron chi connectivity index (χ2n) is 7.35. The second-order valence-corrected chi connectivity index (χ2v) is 7.35. The molecular weight excluding hydrogens is 258 g/mol. The summed E-state index contributed by atoms with van der Waals surface area (Å²) in [4.78, 5) is 6.96. The van der Waals surface area contributed by atoms with Gasteiger partial charge in [0.15, 0.2) is 0 Å². The maximum absolute atomic E-state index is 4.36. The smallest absolute Gasteiger partial charge is 0.126 e. The van der Waals surface area contributed by atoms with Gasteiger partial charge in [-0.1, -0.05) is 20.8 Å². The van der Waals surface area contributed by atoms with Crippen molar-refractivity contribution >= 4 is 5.82 Å². The fraction of sp³-hybridized carbons (Fsp3) is 0.722. The van der Waals surface area contributed by atoms with Crippen molar-refractivity contribution in [1.29, 1.82) is 0 Å². The molecule has 1 aliphatic rings. The summed E-state index contributed by atoms with van der Waals surface area (Å²) in [5, 5.41) is 3.29. The minimum Gasteiger partial charge on any atom is -0.370 e. The Bertz CT molecular complexity index is 436. The number of aromatic nitrogens is 1. The second kappa shape index (κ2) is 7.26. The Kier molecular flexibility index (Phi) is 5.63. The van der Waals surface area contributed by atoms with Gasteiger partial charge in [-0.15, -0.1) is 0 Å². The number of nitrogens with zero attached hydrogens (tertiary/aromatic N) is 2. The summed E-state index contributed by atoms with van der Waals surface area (Å²) in [5.41, 5.74) is 1.82. The number of hydrogen-bond donors (Lipinski definition) is 1. The van der Waals surface area contributed by atoms with E-state index in [0.717, 1.165) is 24.8 Å². The predicted molar refractivity (Wildman–Crippen MR) is 90.5 cm³/mol. The first kappa shape index (κ1) is 16.3. The van der Waals surface area contributed by atoms with Gasteiger partial charge in [-0.05, 0) is 68.3 Å². The molecule has 1 aromatic heterocycles. The Morgan fingerprint density at radius 2 is 2.10 bits per heavy atom. The number of rotatable bonds is 4. The van der Waals surface area contributed by atoms with Crippen LogP contribution < -0.4 is 5.32 Å². The minimum absolute atomic E-state index is 0.449. The molecular formula is C18H31N3. The Morgan fingerprint density at radius 3 is 2.81 bits per heavy atom. The standard InChI is InChI=1S/C18H31N3/c1-5-19-17-13-15(8-10-20-17)14-21-11-6-7-16(9-12-21)18(2,3)4/h8,10,13,16H,5-7,9,11-12,14H2,1-4H3,(H,19,20). The molecule has 1 fully saturated rings. The van der Waals surface area contributed by atoms with E-state index in [-0.39, 0.29) is 0 Å². The van der Waals surface area contributed by atoms with Gasteiger partial charge in [0, 0.05) is 19.3 Å². The number of pyridine rings is 1. The van der Waals surface area contributed by atoms with Gasteiger partial charge in [0.1, 0.15) is 5.82 Å². The highest BCUT2D eigenvalue weighted by molar-refractivity contribution is 5.37. The molecule has 21 heavy (non-hydrogen) atoms. The van der Waals surface area contributed by atoms with E-state index in [1.165, 1.54) is 37.9 Å². The molecule has 0 aliphatic carbocycles. The van der Waals surface area contributed by atoms with Gasteiger partial charge in [0.25, 0.3) is 0 Å². The van der Waals surface area contributed by atoms with Crippen LogP contribution in [-0.4, -0.2) is 29.5 Å². The maximum atomic E-state index is 4.36. The average molecular weight is 289 g/mol. The molecule has 0 saturated carbocycles. The molecule has 0 bridgehead atoms. The summed E-state index contributed by atoms with van der Waals surface area (Å²) in [6.07, 6.45) is 5.95. The van der Waals surface area contributed by atoms with E-state index in [2.05, 4.69) is 55.0 Å². The van der Waals surface area contributed by atoms with Crippen molar-refractivity contribution in [3.63, 3.8) is 0 Å². The van der Waals surface area contributed by atoms with E-state index in [1.807, 2.05) is 6.20 Å². The summed E-state index contributed by atoms with van der Waals surface area (Å²) in [7, 11) is 0. The molecule has 3 nitrogen and oxygen atoms in total. The molecule has 2 heterocycles. The van der Waals surface area contributed by atoms with E-state index < -0.39 is 0 Å². The van der Waals surface area contributed by atoms with E-state index in [9.17, 15) is 0 Å². The third kappa shape index (κ3) is 4.99. The van der Waals surface area contributed by atoms with Gasteiger partial charge < -0.3 is 5.32 Å². The summed E-state index contributed by atoms with van der Waals surface area (Å²) < 4.78 is 0. The lowest BCUT2D eigenvalue weighted by atomic mass is 9.77. The van der Waals surface area contributed by atoms with Gasteiger partial charge in [0.2, 0.25) is 0 Å². The van der Waals surface area contributed by atoms with Crippen molar-refractivity contribution in [2.75, 3.05) is 25.0 Å². The molecule has 1 atom stereocenters. The van der Waals surface area contributed by atoms with E-state index in [4.69, 9.17) is 0 Å². The first-order valence-corrected chi connectivity index (χ1v) is 8.40. The Hall–Kier alpha value is -1.09. The zero-order chi connectivity index (χ0) is 15.3. The highest BCUT2D eigenvalue weighted by Gasteiger charge is 2.26. The van der Waals surface area contributed by atoms with Crippen molar-refractivity contribution in [2.24, 2.45) is 11.3 Å². The predicted octanol–water partition coefficient (Wildman–Crippen LogP) is 4.16. The Morgan fingerprint density at radius 1 is 1.29 bits per heavy atom. The molecule has 1 N–H and O–H groups in total. The Balaban J connectivity index is 1.93. The molecule has 1 aliphatic heterocycles. The van der Waals surface area contributed by atoms with E-state index in [1.54, 1.807) is 0 Å². The molecule has 0 aromatic carbocycles. The van der Waals surface area contributed by atoms with Crippen molar-refractivity contribution in [3.8, 4) is 0 Å². The number of likely N-dealkylation sites (tertiary alicyclic amines) is 1. The van der Waals surface area contributed by atoms with Crippen LogP contribution in [0.15, 0.2) is 18.3 Å². The maximum Gasteiger partial charge on any atom is 0.126 e. The first-order valence-electron chi connectivity index (χ1n) is 8.40. The van der Waals surface area contributed by atoms with Crippen LogP contribution in [0.4, 0.5) is 5.82 Å². The largest absolute Gasteiger partial charge is 0.370 e. The lowest BCUT2D eigenvalue weighted by Gasteiger charge is -2.29. The van der Waals surface area contributed by atoms with Crippen LogP contribution in [0.1, 0.15) is 52.5 Å². The molecule has 2 rings (SSSR count). The molecule has 118 valence electrons. The van der Waals surface area contributed by atoms with Crippen molar-refractivity contribution in [2.45, 2.75) is 53.5 Å². The van der Waals surface area contributed by atoms with Gasteiger partial charge in [-0.25, -0.2) is 4.98 Å². The molecule has 0 amide bonds. The van der Waals surface area contributed by atoms with Crippen LogP contribution in [0.2, 0.25) is 0 Å². The number of anilines is 1. The third-order valence-electron chi connectivity index (χ3n) is 4.63. The van der Waals surface area contributed by atoms with Gasteiger partial charge in [-0.2, -0.15) is 0 Å². The van der Waals surface area contributed by atoms with Gasteiger partial charge in [-0.3, -0.25) is 4.90 Å². The van der Waals surface area contributed by atoms with Crippen molar-refractivity contribution < 1.29 is 0 Å². The highest BCUT2D eigenvalue weighted by atomic mass is 15.1. The molecule has 1 saturated heterocycles. The SMILES string of the molecule is CCNc1cc(CN2CCCC(C(C)(C)C)CC2)ccn1. The van der Waals surface area contributed by atoms with E-state index >= 15 is 0 Å². The molecule has 0 radical (unpaired) electrons. The van der Waals surface area contributed by atoms with E-state index in [0.29, 0.717) is 5.41 Å². The first-order chi connectivity index (χ1) is 9.99. The van der Waals surface area contributed by atoms with Crippen LogP contribution in [0.5, 0.6) is 0 Å². The monoisotopic (exact) mass is 289 g/mol. The van der Waals surface area contributed by atoms with Crippen LogP contribution in [0.25, 0.3) is 0 Å². The van der Waals surface area contributed by atoms with Gasteiger partial charge >= 0.3 is 0 Å². The fourth-order valence-corrected chi connectivity index (χ4v) is 3.29. The van der Waals surface area contributed by atoms with Crippen LogP contribution in [0, 0.1) is 11.3 Å². The molecule has 1 unspecified atom stereocenters. The van der Waals surface area contributed by atoms with Gasteiger partial charge in [0.05, 0.1) is 0 Å². The lowest BCUT2D eigenvalue weighted by molar-refractivity contribution is 0.206. The summed E-state index contributed by atoms with van der Waals surface area (Å²) in [6.45, 7) is 13.7. The van der Waals surface area contributed by atoms with Crippen molar-refractivity contribution in [3.05, 3.63) is 23.9 Å². The molecule has 1 aromatic rings. The summed E-state index contributed by atoms with van der Waals surface area (Å²) in [6, 6.07) is 4.34. The topological polar surface area (TPSA) is 28.2 Å². The number of nitrogens with one attached hydrogen (secondary N) is 1. The van der Waals surface area contributed by atoms with Crippen molar-refractivity contribution in [1.82, 2.24) is 9.88 Å². The van der Waals surface area contributed by atoms with Crippen LogP contribution in [0.3, 0.4) is 0 Å².